The van der Waals surface area contributed by atoms with Crippen molar-refractivity contribution in [3.05, 3.63) is 0 Å². The Morgan fingerprint density at radius 1 is 1.12 bits per heavy atom. The molecule has 0 bridgehead atoms. The van der Waals surface area contributed by atoms with Gasteiger partial charge in [0.2, 0.25) is 0 Å². The Kier molecular flexibility index (Phi) is 4.95. The SMILES string of the molecule is NC(N)=NC(=O)C1CCCCCCC1C=O. The summed E-state index contributed by atoms with van der Waals surface area (Å²) in [5.41, 5.74) is 10.4. The molecule has 5 nitrogen and oxygen atoms in total. The number of rotatable bonds is 2. The number of amides is 1. The minimum Gasteiger partial charge on any atom is -0.370 e. The van der Waals surface area contributed by atoms with E-state index in [1.165, 1.54) is 0 Å². The summed E-state index contributed by atoms with van der Waals surface area (Å²) >= 11 is 0. The van der Waals surface area contributed by atoms with E-state index in [4.69, 9.17) is 11.5 Å². The normalized spacial score (nSPS) is 26.2. The van der Waals surface area contributed by atoms with Crippen molar-refractivity contribution in [1.82, 2.24) is 0 Å². The summed E-state index contributed by atoms with van der Waals surface area (Å²) in [7, 11) is 0. The molecule has 1 aliphatic rings. The Balaban J connectivity index is 2.73. The van der Waals surface area contributed by atoms with Gasteiger partial charge in [-0.15, -0.1) is 0 Å². The van der Waals surface area contributed by atoms with Crippen molar-refractivity contribution in [2.75, 3.05) is 0 Å². The van der Waals surface area contributed by atoms with Crippen LogP contribution in [0.15, 0.2) is 4.99 Å². The summed E-state index contributed by atoms with van der Waals surface area (Å²) in [4.78, 5) is 26.2. The second-order valence-corrected chi connectivity index (χ2v) is 4.27. The highest BCUT2D eigenvalue weighted by atomic mass is 16.1. The monoisotopic (exact) mass is 225 g/mol. The maximum Gasteiger partial charge on any atom is 0.252 e. The van der Waals surface area contributed by atoms with Crippen LogP contribution in [0.3, 0.4) is 0 Å². The van der Waals surface area contributed by atoms with E-state index in [2.05, 4.69) is 4.99 Å². The summed E-state index contributed by atoms with van der Waals surface area (Å²) in [6.07, 6.45) is 6.54. The van der Waals surface area contributed by atoms with Crippen LogP contribution in [0.25, 0.3) is 0 Å². The fourth-order valence-electron chi connectivity index (χ4n) is 2.19. The highest BCUT2D eigenvalue weighted by Crippen LogP contribution is 2.27. The van der Waals surface area contributed by atoms with Gasteiger partial charge < -0.3 is 16.3 Å². The molecule has 0 heterocycles. The lowest BCUT2D eigenvalue weighted by atomic mass is 9.82. The Morgan fingerprint density at radius 2 is 1.75 bits per heavy atom. The van der Waals surface area contributed by atoms with Crippen LogP contribution >= 0.6 is 0 Å². The smallest absolute Gasteiger partial charge is 0.252 e. The summed E-state index contributed by atoms with van der Waals surface area (Å²) in [5, 5.41) is 0. The van der Waals surface area contributed by atoms with Gasteiger partial charge >= 0.3 is 0 Å². The quantitative estimate of drug-likeness (QED) is 0.408. The van der Waals surface area contributed by atoms with E-state index >= 15 is 0 Å². The minimum absolute atomic E-state index is 0.225. The summed E-state index contributed by atoms with van der Waals surface area (Å²) in [6.45, 7) is 0. The van der Waals surface area contributed by atoms with E-state index in [0.717, 1.165) is 38.4 Å². The molecule has 5 heteroatoms. The highest BCUT2D eigenvalue weighted by molar-refractivity contribution is 5.93. The van der Waals surface area contributed by atoms with Crippen LogP contribution in [-0.4, -0.2) is 18.2 Å². The number of nitrogens with zero attached hydrogens (tertiary/aromatic N) is 1. The molecule has 1 aliphatic carbocycles. The van der Waals surface area contributed by atoms with Gasteiger partial charge in [-0.05, 0) is 12.8 Å². The van der Waals surface area contributed by atoms with Gasteiger partial charge in [0.05, 0.1) is 0 Å². The van der Waals surface area contributed by atoms with Crippen LogP contribution in [-0.2, 0) is 9.59 Å². The molecule has 16 heavy (non-hydrogen) atoms. The van der Waals surface area contributed by atoms with Gasteiger partial charge in [-0.1, -0.05) is 25.7 Å². The Bertz CT molecular complexity index is 285. The number of aldehydes is 1. The molecule has 0 aromatic carbocycles. The fourth-order valence-corrected chi connectivity index (χ4v) is 2.19. The first-order valence-corrected chi connectivity index (χ1v) is 5.74. The number of aliphatic imine (C=N–C) groups is 1. The van der Waals surface area contributed by atoms with Crippen molar-refractivity contribution in [2.24, 2.45) is 28.3 Å². The third kappa shape index (κ3) is 3.64. The van der Waals surface area contributed by atoms with E-state index in [0.29, 0.717) is 6.42 Å². The average Bonchev–Trinajstić information content (AvgIpc) is 2.16. The minimum atomic E-state index is -0.348. The average molecular weight is 225 g/mol. The van der Waals surface area contributed by atoms with E-state index in [-0.39, 0.29) is 23.7 Å². The maximum absolute atomic E-state index is 11.7. The van der Waals surface area contributed by atoms with Crippen molar-refractivity contribution in [1.29, 1.82) is 0 Å². The van der Waals surface area contributed by atoms with Crippen LogP contribution in [0.1, 0.15) is 38.5 Å². The molecule has 1 rings (SSSR count). The molecule has 2 atom stereocenters. The molecule has 0 aromatic rings. The molecular formula is C11H19N3O2. The van der Waals surface area contributed by atoms with Gasteiger partial charge in [-0.3, -0.25) is 4.79 Å². The summed E-state index contributed by atoms with van der Waals surface area (Å²) in [6, 6.07) is 0. The van der Waals surface area contributed by atoms with Gasteiger partial charge in [0.25, 0.3) is 5.91 Å². The second-order valence-electron chi connectivity index (χ2n) is 4.27. The third-order valence-corrected chi connectivity index (χ3v) is 3.05. The molecule has 2 unspecified atom stereocenters. The second kappa shape index (κ2) is 6.25. The maximum atomic E-state index is 11.7. The number of guanidine groups is 1. The Labute approximate surface area is 95.3 Å². The van der Waals surface area contributed by atoms with Gasteiger partial charge in [0, 0.05) is 11.8 Å². The zero-order valence-electron chi connectivity index (χ0n) is 9.39. The zero-order chi connectivity index (χ0) is 12.0. The largest absolute Gasteiger partial charge is 0.370 e. The molecule has 0 aromatic heterocycles. The van der Waals surface area contributed by atoms with Gasteiger partial charge in [-0.25, -0.2) is 0 Å². The van der Waals surface area contributed by atoms with E-state index in [1.54, 1.807) is 0 Å². The lowest BCUT2D eigenvalue weighted by molar-refractivity contribution is -0.127. The third-order valence-electron chi connectivity index (χ3n) is 3.05. The standard InChI is InChI=1S/C11H19N3O2/c12-11(13)14-10(16)9-6-4-2-1-3-5-8(9)7-15/h7-9H,1-6H2,(H4,12,13,14,16). The first-order chi connectivity index (χ1) is 7.65. The summed E-state index contributed by atoms with van der Waals surface area (Å²) < 4.78 is 0. The predicted octanol–water partition coefficient (Wildman–Crippen LogP) is 0.572. The first kappa shape index (κ1) is 12.7. The van der Waals surface area contributed by atoms with Crippen LogP contribution in [0, 0.1) is 11.8 Å². The first-order valence-electron chi connectivity index (χ1n) is 5.74. The van der Waals surface area contributed by atoms with Crippen molar-refractivity contribution in [3.63, 3.8) is 0 Å². The van der Waals surface area contributed by atoms with Crippen LogP contribution in [0.4, 0.5) is 0 Å². The molecule has 0 saturated heterocycles. The van der Waals surface area contributed by atoms with E-state index < -0.39 is 0 Å². The molecule has 0 radical (unpaired) electrons. The Hall–Kier alpha value is -1.39. The van der Waals surface area contributed by atoms with Gasteiger partial charge in [-0.2, -0.15) is 4.99 Å². The number of hydrogen-bond acceptors (Lipinski definition) is 2. The zero-order valence-corrected chi connectivity index (χ0v) is 9.39. The predicted molar refractivity (Wildman–Crippen MR) is 61.6 cm³/mol. The molecule has 4 N–H and O–H groups in total. The molecule has 0 aliphatic heterocycles. The van der Waals surface area contributed by atoms with Gasteiger partial charge in [0.15, 0.2) is 5.96 Å². The molecule has 90 valence electrons. The number of carbonyl (C=O) groups excluding carboxylic acids is 2. The van der Waals surface area contributed by atoms with Crippen LogP contribution in [0.5, 0.6) is 0 Å². The number of carbonyl (C=O) groups is 2. The van der Waals surface area contributed by atoms with E-state index in [9.17, 15) is 9.59 Å². The van der Waals surface area contributed by atoms with Crippen molar-refractivity contribution in [2.45, 2.75) is 38.5 Å². The molecule has 1 fully saturated rings. The van der Waals surface area contributed by atoms with Crippen LogP contribution < -0.4 is 11.5 Å². The van der Waals surface area contributed by atoms with E-state index in [1.807, 2.05) is 0 Å². The fraction of sp³-hybridized carbons (Fsp3) is 0.727. The molecule has 1 saturated carbocycles. The molecular weight excluding hydrogens is 206 g/mol. The lowest BCUT2D eigenvalue weighted by Crippen LogP contribution is -2.30. The summed E-state index contributed by atoms with van der Waals surface area (Å²) in [5.74, 6) is -1.13. The topological polar surface area (TPSA) is 98.5 Å². The van der Waals surface area contributed by atoms with Crippen molar-refractivity contribution >= 4 is 18.2 Å². The number of nitrogens with two attached hydrogens (primary N) is 2. The van der Waals surface area contributed by atoms with Gasteiger partial charge in [0.1, 0.15) is 6.29 Å². The Morgan fingerprint density at radius 3 is 2.31 bits per heavy atom. The molecule has 1 amide bonds. The lowest BCUT2D eigenvalue weighted by Gasteiger charge is -2.22. The van der Waals surface area contributed by atoms with Crippen molar-refractivity contribution < 1.29 is 9.59 Å². The molecule has 0 spiro atoms. The van der Waals surface area contributed by atoms with Crippen molar-refractivity contribution in [3.8, 4) is 0 Å². The number of hydrogen-bond donors (Lipinski definition) is 2. The van der Waals surface area contributed by atoms with Crippen LogP contribution in [0.2, 0.25) is 0 Å². The highest BCUT2D eigenvalue weighted by Gasteiger charge is 2.28.